The van der Waals surface area contributed by atoms with E-state index in [1.807, 2.05) is 147 Å². The predicted octanol–water partition coefficient (Wildman–Crippen LogP) is 14.8. The first-order chi connectivity index (χ1) is 37.4. The largest absolute Gasteiger partial charge is 0.504 e. The number of thiophene rings is 2. The van der Waals surface area contributed by atoms with Crippen molar-refractivity contribution in [3.8, 4) is 76.3 Å². The molecule has 0 saturated heterocycles. The average molecular weight is 1100 g/mol. The second-order valence-electron chi connectivity index (χ2n) is 18.0. The summed E-state index contributed by atoms with van der Waals surface area (Å²) in [4.78, 5) is 50.6. The maximum atomic E-state index is 15.3. The van der Waals surface area contributed by atoms with Gasteiger partial charge in [-0.25, -0.2) is 28.7 Å². The Hall–Kier alpha value is -8.02. The van der Waals surface area contributed by atoms with Crippen molar-refractivity contribution in [2.45, 2.75) is 60.2 Å². The first-order valence-electron chi connectivity index (χ1n) is 24.7. The topological polar surface area (TPSA) is 125 Å². The third kappa shape index (κ3) is 11.7. The Bertz CT molecular complexity index is 3980. The summed E-state index contributed by atoms with van der Waals surface area (Å²) >= 11 is 6.20. The molecule has 0 aliphatic heterocycles. The van der Waals surface area contributed by atoms with Crippen LogP contribution in [0, 0.1) is 39.3 Å². The Labute approximate surface area is 459 Å². The molecular formula is C61H50F2N6O4S4. The number of hydrogen-bond acceptors (Lipinski definition) is 12. The Balaban J connectivity index is 0.000000178. The number of phenols is 1. The molecule has 0 atom stereocenters. The number of rotatable bonds is 15. The fraction of sp³-hybridized carbons (Fsp3) is 0.148. The van der Waals surface area contributed by atoms with Crippen LogP contribution in [-0.2, 0) is 32.5 Å². The normalized spacial score (nSPS) is 11.1. The molecule has 6 aromatic heterocycles. The second kappa shape index (κ2) is 23.5. The minimum absolute atomic E-state index is 0.0752. The number of hydrogen-bond donors (Lipinski definition) is 1. The number of benzene rings is 5. The SMILES string of the molecule is Cc1nc(-c2ccc(-c3c(C)nc(-c4cccc(F)c4O)n(CCc4ccccc4)c3=O)s2)cs1.Cc1nc(-c2ccc(-c3c(C)nc(-c4cccc(F)c4OCc4ccccc4)n(CCc4ccccc4)c3=O)s2)cs1. The molecule has 77 heavy (non-hydrogen) atoms. The fourth-order valence-corrected chi connectivity index (χ4v) is 12.4. The number of halogens is 2. The zero-order valence-electron chi connectivity index (χ0n) is 42.4. The van der Waals surface area contributed by atoms with E-state index in [0.29, 0.717) is 59.8 Å². The molecule has 0 aliphatic rings. The van der Waals surface area contributed by atoms with Crippen LogP contribution in [0.5, 0.6) is 11.5 Å². The van der Waals surface area contributed by atoms with Gasteiger partial charge in [0.15, 0.2) is 23.1 Å². The summed E-state index contributed by atoms with van der Waals surface area (Å²) < 4.78 is 38.7. The molecule has 6 heterocycles. The molecule has 0 fully saturated rings. The Morgan fingerprint density at radius 2 is 0.922 bits per heavy atom. The summed E-state index contributed by atoms with van der Waals surface area (Å²) in [6, 6.07) is 46.3. The van der Waals surface area contributed by atoms with E-state index in [2.05, 4.69) is 9.97 Å². The summed E-state index contributed by atoms with van der Waals surface area (Å²) in [5, 5.41) is 16.4. The summed E-state index contributed by atoms with van der Waals surface area (Å²) in [6.45, 7) is 8.43. The third-order valence-electron chi connectivity index (χ3n) is 12.7. The lowest BCUT2D eigenvalue weighted by Crippen LogP contribution is -2.27. The lowest BCUT2D eigenvalue weighted by Gasteiger charge is -2.18. The van der Waals surface area contributed by atoms with Crippen LogP contribution in [0.4, 0.5) is 8.78 Å². The molecule has 16 heteroatoms. The minimum Gasteiger partial charge on any atom is -0.504 e. The van der Waals surface area contributed by atoms with E-state index in [9.17, 15) is 19.1 Å². The van der Waals surface area contributed by atoms with E-state index in [1.165, 1.54) is 45.4 Å². The molecule has 0 aliphatic carbocycles. The van der Waals surface area contributed by atoms with E-state index in [-0.39, 0.29) is 34.9 Å². The Morgan fingerprint density at radius 3 is 1.39 bits per heavy atom. The lowest BCUT2D eigenvalue weighted by molar-refractivity contribution is 0.291. The van der Waals surface area contributed by atoms with Crippen LogP contribution >= 0.6 is 45.3 Å². The van der Waals surface area contributed by atoms with Crippen LogP contribution in [0.15, 0.2) is 172 Å². The van der Waals surface area contributed by atoms with Gasteiger partial charge in [-0.05, 0) is 106 Å². The number of nitrogens with zero attached hydrogens (tertiary/aromatic N) is 6. The number of phenolic OH excluding ortho intramolecular Hbond substituents is 1. The van der Waals surface area contributed by atoms with E-state index in [1.54, 1.807) is 52.4 Å². The number of thiazole rings is 2. The zero-order chi connectivity index (χ0) is 53.6. The zero-order valence-corrected chi connectivity index (χ0v) is 45.6. The number of aryl methyl sites for hydroxylation is 6. The molecule has 0 spiro atoms. The van der Waals surface area contributed by atoms with Gasteiger partial charge in [0.1, 0.15) is 18.3 Å². The van der Waals surface area contributed by atoms with E-state index >= 15 is 4.39 Å². The van der Waals surface area contributed by atoms with Gasteiger partial charge in [0.2, 0.25) is 0 Å². The van der Waals surface area contributed by atoms with Gasteiger partial charge in [0.25, 0.3) is 11.1 Å². The van der Waals surface area contributed by atoms with Crippen molar-refractivity contribution in [1.82, 2.24) is 29.1 Å². The van der Waals surface area contributed by atoms with Gasteiger partial charge in [-0.2, -0.15) is 0 Å². The second-order valence-corrected chi connectivity index (χ2v) is 22.3. The summed E-state index contributed by atoms with van der Waals surface area (Å²) in [7, 11) is 0. The molecule has 0 bridgehead atoms. The molecule has 0 unspecified atom stereocenters. The van der Waals surface area contributed by atoms with Crippen LogP contribution in [0.3, 0.4) is 0 Å². The highest BCUT2D eigenvalue weighted by atomic mass is 32.1. The molecule has 10 nitrogen and oxygen atoms in total. The molecule has 11 aromatic rings. The fourth-order valence-electron chi connectivity index (χ4n) is 8.92. The predicted molar refractivity (Wildman–Crippen MR) is 308 cm³/mol. The van der Waals surface area contributed by atoms with Crippen molar-refractivity contribution >= 4 is 45.3 Å². The van der Waals surface area contributed by atoms with Crippen molar-refractivity contribution in [2.75, 3.05) is 0 Å². The van der Waals surface area contributed by atoms with Crippen molar-refractivity contribution < 1.29 is 18.6 Å². The van der Waals surface area contributed by atoms with Crippen LogP contribution < -0.4 is 15.9 Å². The number of para-hydroxylation sites is 2. The standard InChI is InChI=1S/C34H28FN3O2S2.C27H22FN3O2S2/c1-22-31(30-17-16-29(42-30)28-21-41-23(2)37-28)34(39)38(19-18-24-10-5-3-6-11-24)33(36-22)26-14-9-15-27(35)32(26)40-20-25-12-7-4-8-13-25;1-16-24(23-12-11-22(35-23)21-15-34-17(2)30-21)27(33)31(14-13-18-7-4-3-5-8-18)26(29-16)19-9-6-10-20(28)25(19)32/h3-17,21H,18-20H2,1-2H3;3-12,15,32H,13-14H2,1-2H3. The van der Waals surface area contributed by atoms with Gasteiger partial charge in [-0.15, -0.1) is 45.3 Å². The smallest absolute Gasteiger partial charge is 0.262 e. The number of ether oxygens (including phenoxy) is 1. The van der Waals surface area contributed by atoms with Crippen molar-refractivity contribution in [1.29, 1.82) is 0 Å². The van der Waals surface area contributed by atoms with Crippen LogP contribution in [0.2, 0.25) is 0 Å². The Morgan fingerprint density at radius 1 is 0.494 bits per heavy atom. The molecule has 5 aromatic carbocycles. The van der Waals surface area contributed by atoms with Gasteiger partial charge in [-0.1, -0.05) is 103 Å². The highest BCUT2D eigenvalue weighted by molar-refractivity contribution is 7.19. The van der Waals surface area contributed by atoms with E-state index in [4.69, 9.17) is 14.7 Å². The molecular weight excluding hydrogens is 1050 g/mol. The minimum atomic E-state index is -0.755. The van der Waals surface area contributed by atoms with Gasteiger partial charge in [0.05, 0.1) is 64.8 Å². The monoisotopic (exact) mass is 1100 g/mol. The van der Waals surface area contributed by atoms with Crippen LogP contribution in [0.25, 0.3) is 64.8 Å². The van der Waals surface area contributed by atoms with Crippen molar-refractivity contribution in [3.05, 3.63) is 233 Å². The average Bonchev–Trinajstić information content (AvgIpc) is 4.38. The first-order valence-corrected chi connectivity index (χ1v) is 28.1. The highest BCUT2D eigenvalue weighted by Crippen LogP contribution is 2.39. The first kappa shape index (κ1) is 52.4. The Kier molecular flexibility index (Phi) is 16.0. The highest BCUT2D eigenvalue weighted by Gasteiger charge is 2.25. The van der Waals surface area contributed by atoms with Gasteiger partial charge < -0.3 is 9.84 Å². The molecule has 0 amide bonds. The number of aromatic hydroxyl groups is 1. The van der Waals surface area contributed by atoms with E-state index < -0.39 is 17.4 Å². The van der Waals surface area contributed by atoms with E-state index in [0.717, 1.165) is 57.6 Å². The molecule has 1 N–H and O–H groups in total. The summed E-state index contributed by atoms with van der Waals surface area (Å²) in [5.41, 5.74) is 7.23. The lowest BCUT2D eigenvalue weighted by atomic mass is 10.1. The maximum absolute atomic E-state index is 15.3. The quantitative estimate of drug-likeness (QED) is 0.108. The molecule has 11 rings (SSSR count). The van der Waals surface area contributed by atoms with Gasteiger partial charge in [0, 0.05) is 33.6 Å². The summed E-state index contributed by atoms with van der Waals surface area (Å²) in [5.74, 6) is -1.07. The molecule has 0 radical (unpaired) electrons. The van der Waals surface area contributed by atoms with Gasteiger partial charge in [-0.3, -0.25) is 18.7 Å². The number of aromatic nitrogens is 6. The third-order valence-corrected chi connectivity index (χ3v) is 16.5. The molecule has 0 saturated carbocycles. The van der Waals surface area contributed by atoms with Crippen LogP contribution in [-0.4, -0.2) is 34.2 Å². The maximum Gasteiger partial charge on any atom is 0.262 e. The summed E-state index contributed by atoms with van der Waals surface area (Å²) in [6.07, 6.45) is 1.20. The van der Waals surface area contributed by atoms with Crippen molar-refractivity contribution in [2.24, 2.45) is 0 Å². The van der Waals surface area contributed by atoms with Gasteiger partial charge >= 0.3 is 0 Å². The van der Waals surface area contributed by atoms with Crippen molar-refractivity contribution in [3.63, 3.8) is 0 Å². The molecule has 386 valence electrons. The van der Waals surface area contributed by atoms with Crippen LogP contribution in [0.1, 0.15) is 38.1 Å².